The smallest absolute Gasteiger partial charge is 0.251 e. The van der Waals surface area contributed by atoms with Crippen molar-refractivity contribution in [1.82, 2.24) is 20.4 Å². The Morgan fingerprint density at radius 2 is 1.78 bits per heavy atom. The number of amides is 3. The van der Waals surface area contributed by atoms with Gasteiger partial charge in [-0.05, 0) is 82.9 Å². The van der Waals surface area contributed by atoms with Crippen LogP contribution < -0.4 is 21.7 Å². The summed E-state index contributed by atoms with van der Waals surface area (Å²) in [6.07, 6.45) is 11.3. The number of piperidine rings is 1. The maximum Gasteiger partial charge on any atom is 0.251 e. The summed E-state index contributed by atoms with van der Waals surface area (Å²) in [4.78, 5) is 42.6. The Labute approximate surface area is 244 Å². The lowest BCUT2D eigenvalue weighted by molar-refractivity contribution is -0.117. The van der Waals surface area contributed by atoms with Crippen LogP contribution in [0.3, 0.4) is 0 Å². The van der Waals surface area contributed by atoms with Crippen LogP contribution in [0, 0.1) is 5.92 Å². The van der Waals surface area contributed by atoms with Crippen LogP contribution in [0.25, 0.3) is 0 Å². The van der Waals surface area contributed by atoms with Gasteiger partial charge in [-0.25, -0.2) is 0 Å². The number of fused-ring (bicyclic) bond motifs is 2. The van der Waals surface area contributed by atoms with Gasteiger partial charge in [0.25, 0.3) is 17.7 Å². The predicted octanol–water partition coefficient (Wildman–Crippen LogP) is 3.04. The molecular weight excluding hydrogens is 516 g/mol. The van der Waals surface area contributed by atoms with Gasteiger partial charge in [0, 0.05) is 73.2 Å². The zero-order chi connectivity index (χ0) is 29.1. The number of nitrogens with one attached hydrogen (secondary N) is 3. The lowest BCUT2D eigenvalue weighted by Crippen LogP contribution is -2.50. The van der Waals surface area contributed by atoms with E-state index >= 15 is 0 Å². The summed E-state index contributed by atoms with van der Waals surface area (Å²) in [5.41, 5.74) is 7.64. The molecule has 3 saturated heterocycles. The molecule has 41 heavy (non-hydrogen) atoms. The third-order valence-corrected chi connectivity index (χ3v) is 9.26. The second-order valence-electron chi connectivity index (χ2n) is 12.6. The molecular formula is C32H46N6O3. The maximum absolute atomic E-state index is 13.2. The first-order valence-corrected chi connectivity index (χ1v) is 15.3. The van der Waals surface area contributed by atoms with Gasteiger partial charge in [-0.1, -0.05) is 18.7 Å². The monoisotopic (exact) mass is 562 g/mol. The second kappa shape index (κ2) is 12.8. The average Bonchev–Trinajstić information content (AvgIpc) is 3.60. The summed E-state index contributed by atoms with van der Waals surface area (Å²) >= 11 is 0. The third-order valence-electron chi connectivity index (χ3n) is 9.26. The number of benzene rings is 1. The molecule has 0 spiro atoms. The number of hydrogen-bond acceptors (Lipinski definition) is 6. The lowest BCUT2D eigenvalue weighted by Gasteiger charge is -2.38. The largest absolute Gasteiger partial charge is 0.384 e. The van der Waals surface area contributed by atoms with Gasteiger partial charge < -0.3 is 21.7 Å². The van der Waals surface area contributed by atoms with Crippen molar-refractivity contribution in [2.45, 2.75) is 89.0 Å². The molecule has 2 unspecified atom stereocenters. The molecule has 9 nitrogen and oxygen atoms in total. The molecule has 5 N–H and O–H groups in total. The minimum Gasteiger partial charge on any atom is -0.384 e. The predicted molar refractivity (Wildman–Crippen MR) is 162 cm³/mol. The van der Waals surface area contributed by atoms with Crippen molar-refractivity contribution in [2.75, 3.05) is 31.5 Å². The van der Waals surface area contributed by atoms with Gasteiger partial charge >= 0.3 is 0 Å². The average molecular weight is 563 g/mol. The number of hydrogen-bond donors (Lipinski definition) is 4. The number of nitrogens with zero attached hydrogens (tertiary/aromatic N) is 2. The van der Waals surface area contributed by atoms with Crippen LogP contribution in [0.1, 0.15) is 79.5 Å². The SMILES string of the molecule is C=C(/C=C\CN1C2CCC1CC(NC(=O)c1ccc(C(N)=O)c(NCC3CC3)c1)C2)C(=O)N[C@@H]1CCN(C(C)C)C1. The second-order valence-corrected chi connectivity index (χ2v) is 12.6. The standard InChI is InChI=1S/C32H46N6O3/c1-20(2)37-14-12-24(19-37)35-31(40)21(3)5-4-13-38-26-9-10-27(38)17-25(16-26)36-32(41)23-8-11-28(30(33)39)29(15-23)34-18-22-6-7-22/h4-5,8,11,15,20,22,24-27,34H,3,6-7,9-10,12-14,16-19H2,1-2H3,(H2,33,39)(H,35,40)(H,36,41)/b5-4-/t24-,25?,26?,27?/m1/s1. The molecule has 3 atom stereocenters. The van der Waals surface area contributed by atoms with E-state index in [9.17, 15) is 14.4 Å². The zero-order valence-electron chi connectivity index (χ0n) is 24.5. The molecule has 3 amide bonds. The Morgan fingerprint density at radius 3 is 2.41 bits per heavy atom. The van der Waals surface area contributed by atoms with Crippen molar-refractivity contribution in [2.24, 2.45) is 11.7 Å². The fourth-order valence-corrected chi connectivity index (χ4v) is 6.63. The van der Waals surface area contributed by atoms with Gasteiger partial charge in [-0.3, -0.25) is 24.2 Å². The highest BCUT2D eigenvalue weighted by molar-refractivity contribution is 6.02. The van der Waals surface area contributed by atoms with Gasteiger partial charge in [0.15, 0.2) is 0 Å². The van der Waals surface area contributed by atoms with Crippen LogP contribution >= 0.6 is 0 Å². The molecule has 1 saturated carbocycles. The van der Waals surface area contributed by atoms with Gasteiger partial charge in [-0.15, -0.1) is 0 Å². The Balaban J connectivity index is 1.10. The molecule has 1 aliphatic carbocycles. The molecule has 3 heterocycles. The number of carbonyl (C=O) groups excluding carboxylic acids is 3. The molecule has 9 heteroatoms. The topological polar surface area (TPSA) is 120 Å². The van der Waals surface area contributed by atoms with Gasteiger partial charge in [0.05, 0.1) is 5.56 Å². The first kappa shape index (κ1) is 29.3. The van der Waals surface area contributed by atoms with E-state index < -0.39 is 5.91 Å². The normalized spacial score (nSPS) is 26.4. The number of primary amides is 1. The number of anilines is 1. The molecule has 222 valence electrons. The van der Waals surface area contributed by atoms with Crippen LogP contribution in [0.5, 0.6) is 0 Å². The van der Waals surface area contributed by atoms with E-state index in [1.807, 2.05) is 6.08 Å². The van der Waals surface area contributed by atoms with Gasteiger partial charge in [0.1, 0.15) is 0 Å². The van der Waals surface area contributed by atoms with Crippen LogP contribution in [-0.2, 0) is 4.79 Å². The third kappa shape index (κ3) is 7.38. The summed E-state index contributed by atoms with van der Waals surface area (Å²) in [6.45, 7) is 11.8. The molecule has 3 aliphatic heterocycles. The summed E-state index contributed by atoms with van der Waals surface area (Å²) < 4.78 is 0. The quantitative estimate of drug-likeness (QED) is 0.230. The van der Waals surface area contributed by atoms with Crippen molar-refractivity contribution in [3.05, 3.63) is 53.6 Å². The van der Waals surface area contributed by atoms with Crippen LogP contribution in [-0.4, -0.2) is 83.9 Å². The van der Waals surface area contributed by atoms with Gasteiger partial charge in [0.2, 0.25) is 0 Å². The van der Waals surface area contributed by atoms with Crippen molar-refractivity contribution >= 4 is 23.4 Å². The van der Waals surface area contributed by atoms with E-state index in [-0.39, 0.29) is 23.9 Å². The Bertz CT molecular complexity index is 1180. The zero-order valence-corrected chi connectivity index (χ0v) is 24.5. The number of rotatable bonds is 12. The van der Waals surface area contributed by atoms with Crippen molar-refractivity contribution in [1.29, 1.82) is 0 Å². The summed E-state index contributed by atoms with van der Waals surface area (Å²) in [6, 6.07) is 6.68. The summed E-state index contributed by atoms with van der Waals surface area (Å²) in [5, 5.41) is 9.70. The van der Waals surface area contributed by atoms with E-state index in [0.717, 1.165) is 58.3 Å². The Kier molecular flexibility index (Phi) is 9.14. The molecule has 0 aromatic heterocycles. The molecule has 4 aliphatic rings. The summed E-state index contributed by atoms with van der Waals surface area (Å²) in [5.74, 6) is -0.0681. The molecule has 2 bridgehead atoms. The first-order valence-electron chi connectivity index (χ1n) is 15.3. The van der Waals surface area contributed by atoms with Gasteiger partial charge in [-0.2, -0.15) is 0 Å². The van der Waals surface area contributed by atoms with E-state index in [2.05, 4.69) is 52.3 Å². The van der Waals surface area contributed by atoms with E-state index in [1.165, 1.54) is 12.8 Å². The molecule has 5 rings (SSSR count). The molecule has 0 radical (unpaired) electrons. The fraction of sp³-hybridized carbons (Fsp3) is 0.594. The Hall–Kier alpha value is -3.17. The molecule has 1 aromatic rings. The van der Waals surface area contributed by atoms with Crippen molar-refractivity contribution in [3.8, 4) is 0 Å². The number of likely N-dealkylation sites (tertiary alicyclic amines) is 1. The van der Waals surface area contributed by atoms with Crippen LogP contribution in [0.2, 0.25) is 0 Å². The van der Waals surface area contributed by atoms with E-state index in [1.54, 1.807) is 18.2 Å². The minimum atomic E-state index is -0.496. The van der Waals surface area contributed by atoms with E-state index in [0.29, 0.717) is 46.4 Å². The maximum atomic E-state index is 13.2. The van der Waals surface area contributed by atoms with E-state index in [4.69, 9.17) is 5.73 Å². The highest BCUT2D eigenvalue weighted by Crippen LogP contribution is 2.36. The molecule has 1 aromatic carbocycles. The highest BCUT2D eigenvalue weighted by atomic mass is 16.2. The number of carbonyl (C=O) groups is 3. The summed E-state index contributed by atoms with van der Waals surface area (Å²) in [7, 11) is 0. The Morgan fingerprint density at radius 1 is 1.05 bits per heavy atom. The van der Waals surface area contributed by atoms with Crippen LogP contribution in [0.4, 0.5) is 5.69 Å². The minimum absolute atomic E-state index is 0.0870. The number of nitrogens with two attached hydrogens (primary N) is 1. The first-order chi connectivity index (χ1) is 19.7. The van der Waals surface area contributed by atoms with Crippen LogP contribution in [0.15, 0.2) is 42.5 Å². The molecule has 4 fully saturated rings. The lowest BCUT2D eigenvalue weighted by atomic mass is 9.96. The highest BCUT2D eigenvalue weighted by Gasteiger charge is 2.40. The fourth-order valence-electron chi connectivity index (χ4n) is 6.63. The van der Waals surface area contributed by atoms with Crippen molar-refractivity contribution < 1.29 is 14.4 Å². The van der Waals surface area contributed by atoms with Crippen molar-refractivity contribution in [3.63, 3.8) is 0 Å².